The van der Waals surface area contributed by atoms with Crippen LogP contribution >= 0.6 is 15.9 Å². The monoisotopic (exact) mass is 259 g/mol. The Balaban J connectivity index is 2.93. The Bertz CT molecular complexity index is 356. The number of carbonyl (C=O) groups is 1. The highest BCUT2D eigenvalue weighted by Crippen LogP contribution is 2.22. The number of hydrogen-bond acceptors (Lipinski definition) is 4. The zero-order valence-electron chi connectivity index (χ0n) is 7.27. The van der Waals surface area contributed by atoms with Gasteiger partial charge in [-0.1, -0.05) is 0 Å². The number of rotatable bonds is 3. The summed E-state index contributed by atoms with van der Waals surface area (Å²) >= 11 is 3.21. The maximum absolute atomic E-state index is 10.4. The Morgan fingerprint density at radius 1 is 1.71 bits per heavy atom. The van der Waals surface area contributed by atoms with Crippen molar-refractivity contribution in [2.45, 2.75) is 12.5 Å². The lowest BCUT2D eigenvalue weighted by Gasteiger charge is -2.11. The molecule has 0 saturated carbocycles. The van der Waals surface area contributed by atoms with E-state index in [4.69, 9.17) is 16.6 Å². The van der Waals surface area contributed by atoms with Crippen molar-refractivity contribution in [1.82, 2.24) is 4.98 Å². The minimum Gasteiger partial charge on any atom is -0.481 e. The van der Waals surface area contributed by atoms with Gasteiger partial charge in [0.05, 0.1) is 6.42 Å². The predicted molar refractivity (Wildman–Crippen MR) is 55.5 cm³/mol. The molecule has 5 N–H and O–H groups in total. The third-order valence-corrected chi connectivity index (χ3v) is 2.14. The standard InChI is InChI=1S/C8H10BrN3O2/c9-4-1-5(8(11)12-3-4)6(10)2-7(13)14/h1,3,6H,2,10H2,(H2,11,12)(H,13,14)/t6-/m0/s1. The van der Waals surface area contributed by atoms with Crippen LogP contribution in [-0.4, -0.2) is 16.1 Å². The molecule has 1 atom stereocenters. The van der Waals surface area contributed by atoms with Crippen molar-refractivity contribution < 1.29 is 9.90 Å². The van der Waals surface area contributed by atoms with Gasteiger partial charge < -0.3 is 16.6 Å². The van der Waals surface area contributed by atoms with E-state index in [2.05, 4.69) is 20.9 Å². The summed E-state index contributed by atoms with van der Waals surface area (Å²) in [7, 11) is 0. The summed E-state index contributed by atoms with van der Waals surface area (Å²) < 4.78 is 0.725. The minimum absolute atomic E-state index is 0.164. The van der Waals surface area contributed by atoms with E-state index in [-0.39, 0.29) is 12.2 Å². The lowest BCUT2D eigenvalue weighted by molar-refractivity contribution is -0.137. The summed E-state index contributed by atoms with van der Waals surface area (Å²) in [6.07, 6.45) is 1.37. The fourth-order valence-corrected chi connectivity index (χ4v) is 1.41. The van der Waals surface area contributed by atoms with Crippen LogP contribution in [0.3, 0.4) is 0 Å². The number of halogens is 1. The zero-order chi connectivity index (χ0) is 10.7. The van der Waals surface area contributed by atoms with E-state index in [1.165, 1.54) is 6.20 Å². The highest BCUT2D eigenvalue weighted by Gasteiger charge is 2.14. The first kappa shape index (κ1) is 10.9. The quantitative estimate of drug-likeness (QED) is 0.749. The summed E-state index contributed by atoms with van der Waals surface area (Å²) in [6.45, 7) is 0. The first-order valence-corrected chi connectivity index (χ1v) is 4.68. The van der Waals surface area contributed by atoms with Crippen molar-refractivity contribution in [2.24, 2.45) is 5.73 Å². The molecular formula is C8H10BrN3O2. The van der Waals surface area contributed by atoms with E-state index < -0.39 is 12.0 Å². The average Bonchev–Trinajstić information content (AvgIpc) is 2.08. The molecule has 0 aliphatic carbocycles. The Morgan fingerprint density at radius 3 is 2.93 bits per heavy atom. The Labute approximate surface area is 89.2 Å². The van der Waals surface area contributed by atoms with Gasteiger partial charge in [-0.15, -0.1) is 0 Å². The molecular weight excluding hydrogens is 250 g/mol. The van der Waals surface area contributed by atoms with Gasteiger partial charge in [0.1, 0.15) is 5.82 Å². The molecule has 0 saturated heterocycles. The van der Waals surface area contributed by atoms with Crippen LogP contribution < -0.4 is 11.5 Å². The molecule has 0 amide bonds. The van der Waals surface area contributed by atoms with Gasteiger partial charge in [0.15, 0.2) is 0 Å². The zero-order valence-corrected chi connectivity index (χ0v) is 8.86. The number of hydrogen-bond donors (Lipinski definition) is 3. The third kappa shape index (κ3) is 2.68. The molecule has 5 nitrogen and oxygen atoms in total. The number of aliphatic carboxylic acids is 1. The van der Waals surface area contributed by atoms with Crippen LogP contribution in [0, 0.1) is 0 Å². The first-order valence-electron chi connectivity index (χ1n) is 3.89. The van der Waals surface area contributed by atoms with Crippen molar-refractivity contribution in [1.29, 1.82) is 0 Å². The second-order valence-corrected chi connectivity index (χ2v) is 3.75. The van der Waals surface area contributed by atoms with Gasteiger partial charge >= 0.3 is 5.97 Å². The second kappa shape index (κ2) is 4.39. The third-order valence-electron chi connectivity index (χ3n) is 1.71. The Hall–Kier alpha value is -1.14. The number of carboxylic acids is 1. The number of anilines is 1. The van der Waals surface area contributed by atoms with Crippen LogP contribution in [0.1, 0.15) is 18.0 Å². The molecule has 0 aromatic carbocycles. The summed E-state index contributed by atoms with van der Waals surface area (Å²) in [5, 5.41) is 8.55. The number of nitrogens with zero attached hydrogens (tertiary/aromatic N) is 1. The second-order valence-electron chi connectivity index (χ2n) is 2.83. The van der Waals surface area contributed by atoms with Crippen LogP contribution in [0.15, 0.2) is 16.7 Å². The number of nitrogen functional groups attached to an aromatic ring is 1. The predicted octanol–water partition coefficient (Wildman–Crippen LogP) is 0.901. The molecule has 14 heavy (non-hydrogen) atoms. The summed E-state index contributed by atoms with van der Waals surface area (Å²) in [5.41, 5.74) is 11.7. The van der Waals surface area contributed by atoms with E-state index in [0.717, 1.165) is 4.47 Å². The molecule has 76 valence electrons. The summed E-state index contributed by atoms with van der Waals surface area (Å²) in [4.78, 5) is 14.3. The topological polar surface area (TPSA) is 102 Å². The normalized spacial score (nSPS) is 12.4. The maximum Gasteiger partial charge on any atom is 0.305 e. The van der Waals surface area contributed by atoms with Crippen LogP contribution in [0.4, 0.5) is 5.82 Å². The van der Waals surface area contributed by atoms with Gasteiger partial charge in [-0.3, -0.25) is 4.79 Å². The van der Waals surface area contributed by atoms with Gasteiger partial charge in [0, 0.05) is 22.3 Å². The van der Waals surface area contributed by atoms with Crippen LogP contribution in [0.5, 0.6) is 0 Å². The summed E-state index contributed by atoms with van der Waals surface area (Å²) in [6, 6.07) is 1.05. The molecule has 1 aromatic heterocycles. The van der Waals surface area contributed by atoms with E-state index in [1.54, 1.807) is 6.07 Å². The number of carboxylic acid groups (broad SMARTS) is 1. The van der Waals surface area contributed by atoms with Crippen molar-refractivity contribution in [3.63, 3.8) is 0 Å². The van der Waals surface area contributed by atoms with Gasteiger partial charge in [-0.2, -0.15) is 0 Å². The van der Waals surface area contributed by atoms with Gasteiger partial charge in [0.25, 0.3) is 0 Å². The molecule has 1 heterocycles. The Kier molecular flexibility index (Phi) is 3.43. The molecule has 1 rings (SSSR count). The molecule has 0 radical (unpaired) electrons. The van der Waals surface area contributed by atoms with Crippen molar-refractivity contribution in [3.8, 4) is 0 Å². The molecule has 0 aliphatic heterocycles. The first-order chi connectivity index (χ1) is 6.50. The van der Waals surface area contributed by atoms with Crippen LogP contribution in [0.25, 0.3) is 0 Å². The lowest BCUT2D eigenvalue weighted by Crippen LogP contribution is -2.17. The highest BCUT2D eigenvalue weighted by atomic mass is 79.9. The van der Waals surface area contributed by atoms with Gasteiger partial charge in [-0.05, 0) is 22.0 Å². The van der Waals surface area contributed by atoms with Gasteiger partial charge in [0.2, 0.25) is 0 Å². The SMILES string of the molecule is Nc1ncc(Br)cc1[C@@H](N)CC(=O)O. The van der Waals surface area contributed by atoms with Crippen molar-refractivity contribution in [2.75, 3.05) is 5.73 Å². The molecule has 0 aliphatic rings. The number of aromatic nitrogens is 1. The molecule has 0 spiro atoms. The van der Waals surface area contributed by atoms with E-state index in [0.29, 0.717) is 5.56 Å². The van der Waals surface area contributed by atoms with Crippen molar-refractivity contribution >= 4 is 27.7 Å². The molecule has 0 fully saturated rings. The van der Waals surface area contributed by atoms with Crippen LogP contribution in [-0.2, 0) is 4.79 Å². The van der Waals surface area contributed by atoms with E-state index in [9.17, 15) is 4.79 Å². The fraction of sp³-hybridized carbons (Fsp3) is 0.250. The number of pyridine rings is 1. The fourth-order valence-electron chi connectivity index (χ4n) is 1.06. The Morgan fingerprint density at radius 2 is 2.36 bits per heavy atom. The largest absolute Gasteiger partial charge is 0.481 e. The molecule has 1 aromatic rings. The average molecular weight is 260 g/mol. The highest BCUT2D eigenvalue weighted by molar-refractivity contribution is 9.10. The van der Waals surface area contributed by atoms with Crippen LogP contribution in [0.2, 0.25) is 0 Å². The lowest BCUT2D eigenvalue weighted by atomic mass is 10.1. The van der Waals surface area contributed by atoms with Crippen molar-refractivity contribution in [3.05, 3.63) is 22.3 Å². The summed E-state index contributed by atoms with van der Waals surface area (Å²) in [5.74, 6) is -0.696. The molecule has 0 bridgehead atoms. The maximum atomic E-state index is 10.4. The van der Waals surface area contributed by atoms with E-state index >= 15 is 0 Å². The van der Waals surface area contributed by atoms with E-state index in [1.807, 2.05) is 0 Å². The molecule has 0 unspecified atom stereocenters. The molecule has 6 heteroatoms. The van der Waals surface area contributed by atoms with Gasteiger partial charge in [-0.25, -0.2) is 4.98 Å². The number of nitrogens with two attached hydrogens (primary N) is 2. The smallest absolute Gasteiger partial charge is 0.305 e. The minimum atomic E-state index is -0.961.